The van der Waals surface area contributed by atoms with Crippen LogP contribution < -0.4 is 5.56 Å². The normalized spacial score (nSPS) is 10.4. The van der Waals surface area contributed by atoms with E-state index in [9.17, 15) is 9.59 Å². The summed E-state index contributed by atoms with van der Waals surface area (Å²) in [4.78, 5) is 25.0. The van der Waals surface area contributed by atoms with Crippen molar-refractivity contribution >= 4 is 11.9 Å². The van der Waals surface area contributed by atoms with Crippen molar-refractivity contribution in [3.05, 3.63) is 93.7 Å². The molecule has 0 bridgehead atoms. The van der Waals surface area contributed by atoms with Gasteiger partial charge in [0.2, 0.25) is 0 Å². The minimum atomic E-state index is -0.495. The molecule has 0 unspecified atom stereocenters. The van der Waals surface area contributed by atoms with Gasteiger partial charge in [-0.25, -0.2) is 0 Å². The second kappa shape index (κ2) is 7.67. The van der Waals surface area contributed by atoms with Crippen LogP contribution in [-0.2, 0) is 13.1 Å². The first kappa shape index (κ1) is 18.1. The molecular weight excluding hydrogens is 340 g/mol. The molecule has 3 rings (SSSR count). The molecule has 134 valence electrons. The lowest BCUT2D eigenvalue weighted by Crippen LogP contribution is -2.26. The van der Waals surface area contributed by atoms with Crippen LogP contribution in [0, 0.1) is 18.3 Å². The Balaban J connectivity index is 1.87. The highest BCUT2D eigenvalue weighted by molar-refractivity contribution is 5.96. The summed E-state index contributed by atoms with van der Waals surface area (Å²) >= 11 is 0. The summed E-state index contributed by atoms with van der Waals surface area (Å²) < 4.78 is 3.00. The summed E-state index contributed by atoms with van der Waals surface area (Å²) in [6, 6.07) is 13.1. The number of hydrogen-bond acceptors (Lipinski definition) is 4. The Kier molecular flexibility index (Phi) is 5.13. The molecule has 0 saturated carbocycles. The van der Waals surface area contributed by atoms with E-state index in [1.807, 2.05) is 43.3 Å². The molecule has 3 aromatic rings. The second-order valence-corrected chi connectivity index (χ2v) is 6.15. The van der Waals surface area contributed by atoms with E-state index < -0.39 is 5.56 Å². The molecular formula is C21H18N4O2. The van der Waals surface area contributed by atoms with Crippen LogP contribution in [0.2, 0.25) is 0 Å². The molecule has 27 heavy (non-hydrogen) atoms. The Morgan fingerprint density at radius 2 is 2.07 bits per heavy atom. The summed E-state index contributed by atoms with van der Waals surface area (Å²) in [5.74, 6) is -0.237. The third-order valence-electron chi connectivity index (χ3n) is 4.36. The maximum absolute atomic E-state index is 12.7. The van der Waals surface area contributed by atoms with Crippen LogP contribution in [0.5, 0.6) is 0 Å². The summed E-state index contributed by atoms with van der Waals surface area (Å²) in [5.41, 5.74) is 2.37. The molecule has 0 aliphatic heterocycles. The van der Waals surface area contributed by atoms with Crippen LogP contribution in [0.3, 0.4) is 0 Å². The maximum Gasteiger partial charge on any atom is 0.268 e. The van der Waals surface area contributed by atoms with Gasteiger partial charge in [-0.3, -0.25) is 14.3 Å². The van der Waals surface area contributed by atoms with E-state index >= 15 is 0 Å². The Bertz CT molecular complexity index is 1100. The smallest absolute Gasteiger partial charge is 0.268 e. The number of benzene rings is 1. The van der Waals surface area contributed by atoms with E-state index in [4.69, 9.17) is 5.26 Å². The Morgan fingerprint density at radius 3 is 2.74 bits per heavy atom. The fraction of sp³-hybridized carbons (Fsp3) is 0.143. The largest absolute Gasteiger partial charge is 0.306 e. The summed E-state index contributed by atoms with van der Waals surface area (Å²) in [6.45, 7) is 5.88. The highest BCUT2D eigenvalue weighted by Crippen LogP contribution is 2.12. The van der Waals surface area contributed by atoms with Gasteiger partial charge in [0, 0.05) is 11.9 Å². The quantitative estimate of drug-likeness (QED) is 0.635. The van der Waals surface area contributed by atoms with Crippen LogP contribution in [0.4, 0.5) is 0 Å². The number of aromatic nitrogens is 3. The molecule has 0 fully saturated rings. The Morgan fingerprint density at radius 1 is 1.33 bits per heavy atom. The summed E-state index contributed by atoms with van der Waals surface area (Å²) in [7, 11) is 0. The molecule has 0 saturated heterocycles. The van der Waals surface area contributed by atoms with E-state index in [1.54, 1.807) is 4.68 Å². The lowest BCUT2D eigenvalue weighted by atomic mass is 10.1. The van der Waals surface area contributed by atoms with Gasteiger partial charge in [0.1, 0.15) is 11.6 Å². The van der Waals surface area contributed by atoms with Gasteiger partial charge in [-0.05, 0) is 24.1 Å². The number of nitriles is 1. The molecule has 6 heteroatoms. The first-order valence-corrected chi connectivity index (χ1v) is 8.40. The topological polar surface area (TPSA) is 80.7 Å². The fourth-order valence-electron chi connectivity index (χ4n) is 2.84. The van der Waals surface area contributed by atoms with Gasteiger partial charge in [-0.2, -0.15) is 10.4 Å². The van der Waals surface area contributed by atoms with Crippen LogP contribution in [0.15, 0.2) is 60.2 Å². The number of rotatable bonds is 6. The van der Waals surface area contributed by atoms with E-state index in [-0.39, 0.29) is 17.9 Å². The fourth-order valence-corrected chi connectivity index (χ4v) is 2.84. The van der Waals surface area contributed by atoms with Crippen molar-refractivity contribution in [2.24, 2.45) is 0 Å². The van der Waals surface area contributed by atoms with Gasteiger partial charge in [-0.1, -0.05) is 43.0 Å². The molecule has 0 aliphatic carbocycles. The molecule has 0 aliphatic rings. The molecule has 0 spiro atoms. The number of nitrogens with zero attached hydrogens (tertiary/aromatic N) is 4. The first-order chi connectivity index (χ1) is 13.0. The number of Topliss-reactive ketones (excluding diaryl/α,β-unsaturated/α-hetero) is 1. The molecule has 0 atom stereocenters. The van der Waals surface area contributed by atoms with E-state index in [2.05, 4.69) is 11.7 Å². The number of carbonyl (C=O) groups is 1. The maximum atomic E-state index is 12.7. The predicted octanol–water partition coefficient (Wildman–Crippen LogP) is 2.80. The van der Waals surface area contributed by atoms with Crippen molar-refractivity contribution in [2.45, 2.75) is 20.0 Å². The minimum absolute atomic E-state index is 0.0169. The zero-order chi connectivity index (χ0) is 19.4. The number of pyridine rings is 1. The Labute approximate surface area is 156 Å². The molecule has 6 nitrogen and oxygen atoms in total. The minimum Gasteiger partial charge on any atom is -0.306 e. The molecule has 2 heterocycles. The molecule has 2 aromatic heterocycles. The van der Waals surface area contributed by atoms with Gasteiger partial charge >= 0.3 is 0 Å². The van der Waals surface area contributed by atoms with E-state index in [0.717, 1.165) is 11.3 Å². The molecule has 0 amide bonds. The third-order valence-corrected chi connectivity index (χ3v) is 4.36. The average molecular weight is 358 g/mol. The number of carbonyl (C=O) groups excluding carboxylic acids is 1. The number of ketones is 1. The van der Waals surface area contributed by atoms with Crippen LogP contribution in [0.25, 0.3) is 6.08 Å². The van der Waals surface area contributed by atoms with Crippen LogP contribution in [0.1, 0.15) is 32.7 Å². The zero-order valence-corrected chi connectivity index (χ0v) is 14.9. The van der Waals surface area contributed by atoms with Crippen molar-refractivity contribution in [3.63, 3.8) is 0 Å². The van der Waals surface area contributed by atoms with Crippen molar-refractivity contribution in [1.29, 1.82) is 5.26 Å². The van der Waals surface area contributed by atoms with Gasteiger partial charge in [0.25, 0.3) is 5.56 Å². The van der Waals surface area contributed by atoms with Crippen LogP contribution >= 0.6 is 0 Å². The first-order valence-electron chi connectivity index (χ1n) is 8.40. The highest BCUT2D eigenvalue weighted by atomic mass is 16.1. The SMILES string of the molecule is C=Cc1cc(C#N)c(=O)n(CC(=O)c2cnn(Cc3ccccc3)c2C)c1. The highest BCUT2D eigenvalue weighted by Gasteiger charge is 2.16. The lowest BCUT2D eigenvalue weighted by molar-refractivity contribution is 0.0970. The summed E-state index contributed by atoms with van der Waals surface area (Å²) in [5, 5.41) is 13.4. The second-order valence-electron chi connectivity index (χ2n) is 6.15. The molecule has 1 aromatic carbocycles. The molecule has 0 N–H and O–H groups in total. The monoisotopic (exact) mass is 358 g/mol. The standard InChI is InChI=1S/C21H18N4O2/c1-3-16-9-18(10-22)21(27)24(12-16)14-20(26)19-11-23-25(15(19)2)13-17-7-5-4-6-8-17/h3-9,11-12H,1,13-14H2,2H3. The summed E-state index contributed by atoms with van der Waals surface area (Å²) in [6.07, 6.45) is 4.58. The van der Waals surface area contributed by atoms with Crippen molar-refractivity contribution in [2.75, 3.05) is 0 Å². The molecule has 0 radical (unpaired) electrons. The van der Waals surface area contributed by atoms with Crippen molar-refractivity contribution < 1.29 is 4.79 Å². The van der Waals surface area contributed by atoms with Gasteiger partial charge in [0.05, 0.1) is 24.8 Å². The van der Waals surface area contributed by atoms with Crippen molar-refractivity contribution in [3.8, 4) is 6.07 Å². The Hall–Kier alpha value is -3.72. The van der Waals surface area contributed by atoms with Gasteiger partial charge < -0.3 is 4.57 Å². The third kappa shape index (κ3) is 3.77. The lowest BCUT2D eigenvalue weighted by Gasteiger charge is -2.08. The van der Waals surface area contributed by atoms with Crippen LogP contribution in [-0.4, -0.2) is 20.1 Å². The zero-order valence-electron chi connectivity index (χ0n) is 14.9. The van der Waals surface area contributed by atoms with E-state index in [1.165, 1.54) is 29.1 Å². The number of hydrogen-bond donors (Lipinski definition) is 0. The van der Waals surface area contributed by atoms with E-state index in [0.29, 0.717) is 17.7 Å². The predicted molar refractivity (Wildman–Crippen MR) is 102 cm³/mol. The van der Waals surface area contributed by atoms with Gasteiger partial charge in [0.15, 0.2) is 5.78 Å². The van der Waals surface area contributed by atoms with Crippen molar-refractivity contribution in [1.82, 2.24) is 14.3 Å². The van der Waals surface area contributed by atoms with Gasteiger partial charge in [-0.15, -0.1) is 0 Å². The average Bonchev–Trinajstić information content (AvgIpc) is 3.04.